The minimum atomic E-state index is 0.460. The molecule has 0 saturated carbocycles. The number of aromatic nitrogens is 5. The zero-order chi connectivity index (χ0) is 21.6. The van der Waals surface area contributed by atoms with Crippen LogP contribution >= 0.6 is 0 Å². The average Bonchev–Trinajstić information content (AvgIpc) is 3.43. The van der Waals surface area contributed by atoms with Crippen molar-refractivity contribution in [3.05, 3.63) is 66.4 Å². The largest absolute Gasteiger partial charge is 0.490 e. The highest BCUT2D eigenvalue weighted by Crippen LogP contribution is 2.30. The molecule has 2 heterocycles. The summed E-state index contributed by atoms with van der Waals surface area (Å²) in [4.78, 5) is 0. The van der Waals surface area contributed by atoms with Crippen molar-refractivity contribution in [3.8, 4) is 22.9 Å². The molecular formula is C24H27N5O2. The normalized spacial score (nSPS) is 11.0. The summed E-state index contributed by atoms with van der Waals surface area (Å²) in [5.41, 5.74) is 4.49. The zero-order valence-electron chi connectivity index (χ0n) is 18.0. The molecule has 7 heteroatoms. The summed E-state index contributed by atoms with van der Waals surface area (Å²) in [6.07, 6.45) is 4.16. The van der Waals surface area contributed by atoms with E-state index in [1.54, 1.807) is 0 Å². The zero-order valence-corrected chi connectivity index (χ0v) is 18.0. The Kier molecular flexibility index (Phi) is 6.31. The maximum atomic E-state index is 6.11. The van der Waals surface area contributed by atoms with E-state index in [9.17, 15) is 0 Å². The first-order valence-corrected chi connectivity index (χ1v) is 10.5. The van der Waals surface area contributed by atoms with Gasteiger partial charge in [-0.05, 0) is 61.0 Å². The fourth-order valence-corrected chi connectivity index (χ4v) is 3.68. The number of nitrogens with zero attached hydrogens (tertiary/aromatic N) is 4. The molecule has 2 aromatic heterocycles. The van der Waals surface area contributed by atoms with Crippen LogP contribution in [-0.2, 0) is 13.0 Å². The third-order valence-electron chi connectivity index (χ3n) is 5.03. The fraction of sp³-hybridized carbons (Fsp3) is 0.292. The van der Waals surface area contributed by atoms with Crippen molar-refractivity contribution in [3.63, 3.8) is 0 Å². The van der Waals surface area contributed by atoms with Crippen LogP contribution in [0.2, 0.25) is 0 Å². The average molecular weight is 418 g/mol. The Morgan fingerprint density at radius 3 is 2.58 bits per heavy atom. The Hall–Kier alpha value is -3.61. The van der Waals surface area contributed by atoms with Crippen LogP contribution in [0.4, 0.5) is 0 Å². The molecule has 160 valence electrons. The lowest BCUT2D eigenvalue weighted by atomic mass is 10.0. The van der Waals surface area contributed by atoms with Gasteiger partial charge in [0.1, 0.15) is 24.7 Å². The van der Waals surface area contributed by atoms with Gasteiger partial charge in [0.25, 0.3) is 0 Å². The number of H-pyrrole nitrogens is 1. The van der Waals surface area contributed by atoms with Gasteiger partial charge in [-0.3, -0.25) is 0 Å². The quantitative estimate of drug-likeness (QED) is 0.296. The van der Waals surface area contributed by atoms with Crippen LogP contribution in [0.15, 0.2) is 60.8 Å². The third-order valence-corrected chi connectivity index (χ3v) is 5.03. The maximum Gasteiger partial charge on any atom is 0.204 e. The molecule has 0 aliphatic carbocycles. The smallest absolute Gasteiger partial charge is 0.204 e. The van der Waals surface area contributed by atoms with Crippen molar-refractivity contribution in [2.24, 2.45) is 0 Å². The lowest BCUT2D eigenvalue weighted by molar-refractivity contribution is 0.216. The Balaban J connectivity index is 1.39. The lowest BCUT2D eigenvalue weighted by Gasteiger charge is -2.14. The van der Waals surface area contributed by atoms with Gasteiger partial charge < -0.3 is 14.0 Å². The number of hydrogen-bond donors (Lipinski definition) is 1. The number of hydrogen-bond acceptors (Lipinski definition) is 5. The number of ether oxygens (including phenoxy) is 2. The molecule has 31 heavy (non-hydrogen) atoms. The molecule has 4 rings (SSSR count). The number of tetrazole rings is 1. The highest BCUT2D eigenvalue weighted by molar-refractivity contribution is 5.86. The first-order valence-electron chi connectivity index (χ1n) is 10.5. The van der Waals surface area contributed by atoms with Gasteiger partial charge in [0.2, 0.25) is 5.82 Å². The summed E-state index contributed by atoms with van der Waals surface area (Å²) in [5.74, 6) is 2.27. The summed E-state index contributed by atoms with van der Waals surface area (Å²) in [5, 5.41) is 15.2. The van der Waals surface area contributed by atoms with Gasteiger partial charge in [0, 0.05) is 34.8 Å². The number of aromatic amines is 1. The fourth-order valence-electron chi connectivity index (χ4n) is 3.68. The molecule has 0 unspecified atom stereocenters. The van der Waals surface area contributed by atoms with Crippen LogP contribution in [0.25, 0.3) is 22.3 Å². The molecule has 0 aliphatic rings. The summed E-state index contributed by atoms with van der Waals surface area (Å²) >= 11 is 0. The number of allylic oxidation sites excluding steroid dienone is 1. The van der Waals surface area contributed by atoms with E-state index in [0.717, 1.165) is 42.0 Å². The van der Waals surface area contributed by atoms with E-state index in [2.05, 4.69) is 70.0 Å². The monoisotopic (exact) mass is 417 g/mol. The van der Waals surface area contributed by atoms with Crippen LogP contribution in [0.1, 0.15) is 25.8 Å². The Bertz CT molecular complexity index is 1150. The van der Waals surface area contributed by atoms with Crippen molar-refractivity contribution in [2.45, 2.75) is 33.2 Å². The Morgan fingerprint density at radius 2 is 1.87 bits per heavy atom. The molecule has 0 radical (unpaired) electrons. The molecule has 7 nitrogen and oxygen atoms in total. The van der Waals surface area contributed by atoms with Crippen LogP contribution in [-0.4, -0.2) is 38.4 Å². The second-order valence-electron chi connectivity index (χ2n) is 7.58. The molecule has 0 saturated heterocycles. The highest BCUT2D eigenvalue weighted by atomic mass is 16.5. The molecule has 0 atom stereocenters. The number of aryl methyl sites for hydroxylation is 1. The third kappa shape index (κ3) is 4.77. The van der Waals surface area contributed by atoms with Crippen molar-refractivity contribution >= 4 is 10.9 Å². The predicted octanol–water partition coefficient (Wildman–Crippen LogP) is 4.81. The van der Waals surface area contributed by atoms with Gasteiger partial charge in [-0.15, -0.1) is 10.2 Å². The second-order valence-corrected chi connectivity index (χ2v) is 7.58. The molecule has 2 aromatic carbocycles. The van der Waals surface area contributed by atoms with Gasteiger partial charge in [-0.25, -0.2) is 0 Å². The van der Waals surface area contributed by atoms with Gasteiger partial charge in [-0.1, -0.05) is 25.5 Å². The van der Waals surface area contributed by atoms with E-state index >= 15 is 0 Å². The lowest BCUT2D eigenvalue weighted by Crippen LogP contribution is -2.10. The van der Waals surface area contributed by atoms with E-state index in [4.69, 9.17) is 9.47 Å². The summed E-state index contributed by atoms with van der Waals surface area (Å²) in [6, 6.07) is 14.0. The minimum Gasteiger partial charge on any atom is -0.490 e. The first kappa shape index (κ1) is 20.7. The van der Waals surface area contributed by atoms with Gasteiger partial charge in [0.15, 0.2) is 0 Å². The summed E-state index contributed by atoms with van der Waals surface area (Å²) < 4.78 is 14.2. The molecule has 0 amide bonds. The van der Waals surface area contributed by atoms with Crippen LogP contribution in [0.5, 0.6) is 11.5 Å². The Labute approximate surface area is 181 Å². The second kappa shape index (κ2) is 9.47. The number of benzene rings is 2. The van der Waals surface area contributed by atoms with Crippen molar-refractivity contribution in [1.29, 1.82) is 0 Å². The number of nitrogens with one attached hydrogen (secondary N) is 1. The SMILES string of the molecule is C=C(C)Cn1ccc2c(CCC)c(OCCOc3ccc(-c4nn[nH]n4)cc3)ccc21. The molecule has 4 aromatic rings. The van der Waals surface area contributed by atoms with Gasteiger partial charge in [0.05, 0.1) is 0 Å². The minimum absolute atomic E-state index is 0.460. The highest BCUT2D eigenvalue weighted by Gasteiger charge is 2.12. The van der Waals surface area contributed by atoms with Crippen molar-refractivity contribution in [1.82, 2.24) is 25.2 Å². The van der Waals surface area contributed by atoms with Crippen molar-refractivity contribution in [2.75, 3.05) is 13.2 Å². The van der Waals surface area contributed by atoms with Crippen LogP contribution in [0, 0.1) is 0 Å². The standard InChI is InChI=1S/C24H27N5O2/c1-4-5-21-20-12-13-29(16-17(2)3)22(20)10-11-23(21)31-15-14-30-19-8-6-18(7-9-19)24-25-27-28-26-24/h6-13H,2,4-5,14-16H2,1,3H3,(H,25,26,27,28). The summed E-state index contributed by atoms with van der Waals surface area (Å²) in [6.45, 7) is 10.0. The topological polar surface area (TPSA) is 77.9 Å². The van der Waals surface area contributed by atoms with E-state index in [0.29, 0.717) is 19.0 Å². The molecular weight excluding hydrogens is 390 g/mol. The molecule has 1 N–H and O–H groups in total. The van der Waals surface area contributed by atoms with Crippen LogP contribution < -0.4 is 9.47 Å². The maximum absolute atomic E-state index is 6.11. The van der Waals surface area contributed by atoms with E-state index in [1.165, 1.54) is 16.5 Å². The first-order chi connectivity index (χ1) is 15.2. The van der Waals surface area contributed by atoms with E-state index in [-0.39, 0.29) is 0 Å². The van der Waals surface area contributed by atoms with Crippen LogP contribution in [0.3, 0.4) is 0 Å². The van der Waals surface area contributed by atoms with E-state index in [1.807, 2.05) is 24.3 Å². The van der Waals surface area contributed by atoms with Crippen molar-refractivity contribution < 1.29 is 9.47 Å². The number of fused-ring (bicyclic) bond motifs is 1. The number of rotatable bonds is 10. The molecule has 0 aliphatic heterocycles. The predicted molar refractivity (Wildman–Crippen MR) is 121 cm³/mol. The molecule has 0 fully saturated rings. The van der Waals surface area contributed by atoms with E-state index < -0.39 is 0 Å². The summed E-state index contributed by atoms with van der Waals surface area (Å²) in [7, 11) is 0. The Morgan fingerprint density at radius 1 is 1.06 bits per heavy atom. The molecule has 0 spiro atoms. The molecule has 0 bridgehead atoms. The van der Waals surface area contributed by atoms with Gasteiger partial charge >= 0.3 is 0 Å². The van der Waals surface area contributed by atoms with Gasteiger partial charge in [-0.2, -0.15) is 5.21 Å².